The predicted octanol–water partition coefficient (Wildman–Crippen LogP) is 1.55. The van der Waals surface area contributed by atoms with Gasteiger partial charge in [0.15, 0.2) is 0 Å². The molecule has 3 rings (SSSR count). The molecule has 0 saturated carbocycles. The van der Waals surface area contributed by atoms with E-state index in [1.54, 1.807) is 34.9 Å². The lowest BCUT2D eigenvalue weighted by Gasteiger charge is -2.29. The third-order valence-electron chi connectivity index (χ3n) is 4.88. The average molecular weight is 378 g/mol. The Morgan fingerprint density at radius 3 is 2.85 bits per heavy atom. The van der Waals surface area contributed by atoms with Crippen LogP contribution in [0.1, 0.15) is 35.7 Å². The van der Waals surface area contributed by atoms with Crippen molar-refractivity contribution in [2.45, 2.75) is 37.2 Å². The highest BCUT2D eigenvalue weighted by atomic mass is 32.2. The van der Waals surface area contributed by atoms with Crippen molar-refractivity contribution in [3.63, 3.8) is 0 Å². The second kappa shape index (κ2) is 7.19. The first-order valence-electron chi connectivity index (χ1n) is 8.38. The van der Waals surface area contributed by atoms with Gasteiger partial charge in [-0.1, -0.05) is 6.07 Å². The van der Waals surface area contributed by atoms with Gasteiger partial charge in [-0.15, -0.1) is 11.8 Å². The van der Waals surface area contributed by atoms with E-state index in [0.29, 0.717) is 23.5 Å². The summed E-state index contributed by atoms with van der Waals surface area (Å²) in [5.74, 6) is 0.379. The van der Waals surface area contributed by atoms with Gasteiger partial charge < -0.3 is 19.7 Å². The summed E-state index contributed by atoms with van der Waals surface area (Å²) in [6.07, 6.45) is 1.27. The number of ether oxygens (including phenoxy) is 2. The number of hydrogen-bond acceptors (Lipinski definition) is 6. The summed E-state index contributed by atoms with van der Waals surface area (Å²) in [5, 5.41) is 2.87. The van der Waals surface area contributed by atoms with Gasteiger partial charge in [-0.05, 0) is 31.0 Å². The van der Waals surface area contributed by atoms with Crippen molar-refractivity contribution in [2.24, 2.45) is 0 Å². The molecule has 2 amide bonds. The first kappa shape index (κ1) is 18.6. The zero-order chi connectivity index (χ0) is 18.9. The summed E-state index contributed by atoms with van der Waals surface area (Å²) in [6.45, 7) is 2.27. The summed E-state index contributed by atoms with van der Waals surface area (Å²) >= 11 is 1.66. The molecule has 2 atom stereocenters. The molecule has 1 aromatic rings. The van der Waals surface area contributed by atoms with E-state index in [0.717, 1.165) is 12.0 Å². The van der Waals surface area contributed by atoms with Crippen molar-refractivity contribution in [3.8, 4) is 5.75 Å². The Hall–Kier alpha value is -2.22. The molecule has 1 aromatic carbocycles. The second-order valence-corrected chi connectivity index (χ2v) is 8.01. The SMILES string of the molecule is COC(=O)c1cc(CNC(=O)[C@H]2CS[C@@]3(C)CCC(=O)N23)ccc1OC. The fraction of sp³-hybridized carbons (Fsp3) is 0.500. The van der Waals surface area contributed by atoms with Crippen LogP contribution in [0.3, 0.4) is 0 Å². The highest BCUT2D eigenvalue weighted by molar-refractivity contribution is 8.01. The molecule has 0 aliphatic carbocycles. The number of thioether (sulfide) groups is 1. The number of methoxy groups -OCH3 is 2. The minimum atomic E-state index is -0.499. The van der Waals surface area contributed by atoms with Crippen LogP contribution in [-0.2, 0) is 20.9 Å². The fourth-order valence-electron chi connectivity index (χ4n) is 3.46. The molecule has 2 aliphatic heterocycles. The molecule has 0 radical (unpaired) electrons. The van der Waals surface area contributed by atoms with Crippen LogP contribution in [0.2, 0.25) is 0 Å². The Labute approximate surface area is 156 Å². The standard InChI is InChI=1S/C18H22N2O5S/c1-18-7-6-15(21)20(18)13(10-26-18)16(22)19-9-11-4-5-14(24-2)12(8-11)17(23)25-3/h4-5,8,13H,6-7,9-10H2,1-3H3,(H,19,22)/t13-,18+/m1/s1. The monoisotopic (exact) mass is 378 g/mol. The Morgan fingerprint density at radius 2 is 2.15 bits per heavy atom. The lowest BCUT2D eigenvalue weighted by molar-refractivity contribution is -0.138. The quantitative estimate of drug-likeness (QED) is 0.783. The van der Waals surface area contributed by atoms with E-state index < -0.39 is 12.0 Å². The van der Waals surface area contributed by atoms with Crippen molar-refractivity contribution in [3.05, 3.63) is 29.3 Å². The van der Waals surface area contributed by atoms with Crippen LogP contribution in [0, 0.1) is 0 Å². The van der Waals surface area contributed by atoms with E-state index >= 15 is 0 Å². The number of amides is 2. The summed E-state index contributed by atoms with van der Waals surface area (Å²) in [4.78, 5) is 38.1. The predicted molar refractivity (Wildman–Crippen MR) is 96.9 cm³/mol. The second-order valence-electron chi connectivity index (χ2n) is 6.51. The summed E-state index contributed by atoms with van der Waals surface area (Å²) in [6, 6.07) is 4.64. The van der Waals surface area contributed by atoms with Crippen LogP contribution in [0.4, 0.5) is 0 Å². The number of esters is 1. The molecule has 1 N–H and O–H groups in total. The number of benzene rings is 1. The molecule has 2 saturated heterocycles. The van der Waals surface area contributed by atoms with Crippen molar-refractivity contribution >= 4 is 29.5 Å². The van der Waals surface area contributed by atoms with Gasteiger partial charge in [0, 0.05) is 18.7 Å². The molecule has 0 aromatic heterocycles. The number of carbonyl (C=O) groups excluding carboxylic acids is 3. The summed E-state index contributed by atoms with van der Waals surface area (Å²) < 4.78 is 9.92. The molecular weight excluding hydrogens is 356 g/mol. The molecule has 0 spiro atoms. The normalized spacial score (nSPS) is 24.3. The van der Waals surface area contributed by atoms with Gasteiger partial charge in [0.2, 0.25) is 11.8 Å². The smallest absolute Gasteiger partial charge is 0.341 e. The third-order valence-corrected chi connectivity index (χ3v) is 6.39. The fourth-order valence-corrected chi connectivity index (χ4v) is 4.89. The van der Waals surface area contributed by atoms with E-state index in [4.69, 9.17) is 9.47 Å². The molecule has 2 fully saturated rings. The van der Waals surface area contributed by atoms with Gasteiger partial charge in [0.05, 0.1) is 19.1 Å². The van der Waals surface area contributed by atoms with E-state index in [1.807, 2.05) is 6.92 Å². The van der Waals surface area contributed by atoms with E-state index in [1.165, 1.54) is 14.2 Å². The van der Waals surface area contributed by atoms with Crippen LogP contribution < -0.4 is 10.1 Å². The van der Waals surface area contributed by atoms with Gasteiger partial charge >= 0.3 is 5.97 Å². The number of rotatable bonds is 5. The first-order valence-corrected chi connectivity index (χ1v) is 9.37. The zero-order valence-corrected chi connectivity index (χ0v) is 15.9. The average Bonchev–Trinajstić information content (AvgIpc) is 3.14. The van der Waals surface area contributed by atoms with Crippen LogP contribution >= 0.6 is 11.8 Å². The van der Waals surface area contributed by atoms with Gasteiger partial charge in [0.1, 0.15) is 17.4 Å². The largest absolute Gasteiger partial charge is 0.496 e. The van der Waals surface area contributed by atoms with Crippen LogP contribution in [-0.4, -0.2) is 53.6 Å². The lowest BCUT2D eigenvalue weighted by Crippen LogP contribution is -2.49. The molecule has 2 aliphatic rings. The highest BCUT2D eigenvalue weighted by Gasteiger charge is 2.52. The van der Waals surface area contributed by atoms with Crippen LogP contribution in [0.25, 0.3) is 0 Å². The van der Waals surface area contributed by atoms with Crippen LogP contribution in [0.5, 0.6) is 5.75 Å². The number of nitrogens with one attached hydrogen (secondary N) is 1. The van der Waals surface area contributed by atoms with Gasteiger partial charge in [-0.3, -0.25) is 9.59 Å². The van der Waals surface area contributed by atoms with Crippen molar-refractivity contribution in [1.82, 2.24) is 10.2 Å². The Balaban J connectivity index is 1.68. The molecule has 26 heavy (non-hydrogen) atoms. The maximum absolute atomic E-state index is 12.6. The molecule has 8 heteroatoms. The molecular formula is C18H22N2O5S. The topological polar surface area (TPSA) is 84.9 Å². The molecule has 140 valence electrons. The zero-order valence-electron chi connectivity index (χ0n) is 15.0. The van der Waals surface area contributed by atoms with Crippen LogP contribution in [0.15, 0.2) is 18.2 Å². The molecule has 7 nitrogen and oxygen atoms in total. The van der Waals surface area contributed by atoms with Gasteiger partial charge in [-0.2, -0.15) is 0 Å². The first-order chi connectivity index (χ1) is 12.4. The highest BCUT2D eigenvalue weighted by Crippen LogP contribution is 2.47. The van der Waals surface area contributed by atoms with Crippen molar-refractivity contribution < 1.29 is 23.9 Å². The third kappa shape index (κ3) is 3.25. The van der Waals surface area contributed by atoms with Gasteiger partial charge in [0.25, 0.3) is 0 Å². The molecule has 0 bridgehead atoms. The number of fused-ring (bicyclic) bond motifs is 1. The Morgan fingerprint density at radius 1 is 1.38 bits per heavy atom. The Bertz CT molecular complexity index is 753. The maximum atomic E-state index is 12.6. The molecule has 2 heterocycles. The maximum Gasteiger partial charge on any atom is 0.341 e. The minimum absolute atomic E-state index is 0.0371. The van der Waals surface area contributed by atoms with E-state index in [-0.39, 0.29) is 23.2 Å². The van der Waals surface area contributed by atoms with Crippen molar-refractivity contribution in [1.29, 1.82) is 0 Å². The lowest BCUT2D eigenvalue weighted by atomic mass is 10.1. The van der Waals surface area contributed by atoms with E-state index in [9.17, 15) is 14.4 Å². The number of nitrogens with zero attached hydrogens (tertiary/aromatic N) is 1. The number of hydrogen-bond donors (Lipinski definition) is 1. The van der Waals surface area contributed by atoms with Gasteiger partial charge in [-0.25, -0.2) is 4.79 Å². The van der Waals surface area contributed by atoms with E-state index in [2.05, 4.69) is 5.32 Å². The molecule has 0 unspecified atom stereocenters. The summed E-state index contributed by atoms with van der Waals surface area (Å²) in [7, 11) is 2.78. The Kier molecular flexibility index (Phi) is 5.13. The van der Waals surface area contributed by atoms with Crippen molar-refractivity contribution in [2.75, 3.05) is 20.0 Å². The minimum Gasteiger partial charge on any atom is -0.496 e. The summed E-state index contributed by atoms with van der Waals surface area (Å²) in [5.41, 5.74) is 1.06. The number of carbonyl (C=O) groups is 3.